The third kappa shape index (κ3) is 4.96. The first-order valence-electron chi connectivity index (χ1n) is 9.68. The summed E-state index contributed by atoms with van der Waals surface area (Å²) in [6.07, 6.45) is 2.64. The molecule has 1 aromatic carbocycles. The highest BCUT2D eigenvalue weighted by Gasteiger charge is 2.21. The molecule has 27 heavy (non-hydrogen) atoms. The van der Waals surface area contributed by atoms with E-state index in [4.69, 9.17) is 4.74 Å². The third-order valence-corrected chi connectivity index (χ3v) is 5.38. The second-order valence-electron chi connectivity index (χ2n) is 7.23. The summed E-state index contributed by atoms with van der Waals surface area (Å²) in [4.78, 5) is 17.6. The number of carbonyl (C=O) groups excluding carboxylic acids is 1. The van der Waals surface area contributed by atoms with E-state index >= 15 is 0 Å². The Morgan fingerprint density at radius 3 is 2.63 bits per heavy atom. The quantitative estimate of drug-likeness (QED) is 0.751. The van der Waals surface area contributed by atoms with E-state index in [1.165, 1.54) is 11.1 Å². The monoisotopic (exact) mass is 370 g/mol. The van der Waals surface area contributed by atoms with Crippen molar-refractivity contribution in [2.24, 2.45) is 7.05 Å². The highest BCUT2D eigenvalue weighted by Crippen LogP contribution is 2.16. The molecule has 6 nitrogen and oxygen atoms in total. The number of benzene rings is 1. The minimum Gasteiger partial charge on any atom is -0.379 e. The van der Waals surface area contributed by atoms with Crippen molar-refractivity contribution < 1.29 is 9.53 Å². The smallest absolute Gasteiger partial charge is 0.257 e. The lowest BCUT2D eigenvalue weighted by Crippen LogP contribution is -2.39. The maximum Gasteiger partial charge on any atom is 0.257 e. The van der Waals surface area contributed by atoms with Crippen molar-refractivity contribution in [3.63, 3.8) is 0 Å². The van der Waals surface area contributed by atoms with Crippen molar-refractivity contribution >= 4 is 5.91 Å². The Labute approximate surface area is 161 Å². The lowest BCUT2D eigenvalue weighted by atomic mass is 10.1. The van der Waals surface area contributed by atoms with Gasteiger partial charge in [0.1, 0.15) is 0 Å². The first-order chi connectivity index (χ1) is 13.1. The molecule has 1 fully saturated rings. The van der Waals surface area contributed by atoms with E-state index in [0.29, 0.717) is 12.1 Å². The first kappa shape index (κ1) is 19.6. The molecular weight excluding hydrogens is 340 g/mol. The molecule has 0 saturated carbocycles. The number of hydrogen-bond acceptors (Lipinski definition) is 4. The van der Waals surface area contributed by atoms with Gasteiger partial charge in [0.05, 0.1) is 25.0 Å². The molecule has 1 aliphatic rings. The van der Waals surface area contributed by atoms with Gasteiger partial charge in [-0.15, -0.1) is 0 Å². The van der Waals surface area contributed by atoms with E-state index in [9.17, 15) is 4.79 Å². The second kappa shape index (κ2) is 9.15. The van der Waals surface area contributed by atoms with Crippen LogP contribution < -0.4 is 0 Å². The fourth-order valence-electron chi connectivity index (χ4n) is 3.43. The van der Waals surface area contributed by atoms with Gasteiger partial charge >= 0.3 is 0 Å². The number of nitrogens with zero attached hydrogens (tertiary/aromatic N) is 4. The van der Waals surface area contributed by atoms with Gasteiger partial charge in [0.25, 0.3) is 5.91 Å². The highest BCUT2D eigenvalue weighted by atomic mass is 16.5. The van der Waals surface area contributed by atoms with Crippen LogP contribution in [0.2, 0.25) is 0 Å². The van der Waals surface area contributed by atoms with Gasteiger partial charge in [-0.2, -0.15) is 5.10 Å². The van der Waals surface area contributed by atoms with Gasteiger partial charge in [-0.1, -0.05) is 24.3 Å². The summed E-state index contributed by atoms with van der Waals surface area (Å²) in [5, 5.41) is 4.24. The van der Waals surface area contributed by atoms with Gasteiger partial charge < -0.3 is 9.64 Å². The summed E-state index contributed by atoms with van der Waals surface area (Å²) in [5.41, 5.74) is 4.01. The van der Waals surface area contributed by atoms with Crippen molar-refractivity contribution in [2.75, 3.05) is 39.4 Å². The van der Waals surface area contributed by atoms with Crippen molar-refractivity contribution in [2.45, 2.75) is 26.8 Å². The summed E-state index contributed by atoms with van der Waals surface area (Å²) >= 11 is 0. The number of hydrogen-bond donors (Lipinski definition) is 0. The third-order valence-electron chi connectivity index (χ3n) is 5.38. The predicted octanol–water partition coefficient (Wildman–Crippen LogP) is 2.40. The Hall–Kier alpha value is -2.18. The van der Waals surface area contributed by atoms with Crippen LogP contribution in [0.15, 0.2) is 30.5 Å². The molecule has 0 radical (unpaired) electrons. The molecule has 146 valence electrons. The first-order valence-corrected chi connectivity index (χ1v) is 9.68. The average molecular weight is 370 g/mol. The number of morpholine rings is 1. The molecule has 1 aliphatic heterocycles. The van der Waals surface area contributed by atoms with Crippen molar-refractivity contribution in [3.8, 4) is 0 Å². The molecule has 1 saturated heterocycles. The van der Waals surface area contributed by atoms with Gasteiger partial charge in [-0.05, 0) is 31.4 Å². The highest BCUT2D eigenvalue weighted by molar-refractivity contribution is 5.95. The van der Waals surface area contributed by atoms with Crippen molar-refractivity contribution in [1.82, 2.24) is 19.6 Å². The standard InChI is InChI=1S/C21H30N4O2/c1-17-7-4-5-8-19(17)16-25(10-6-9-24-11-13-27-14-12-24)21(26)20-15-22-23(3)18(20)2/h4-5,7-8,15H,6,9-14,16H2,1-3H3. The number of aromatic nitrogens is 2. The zero-order valence-corrected chi connectivity index (χ0v) is 16.6. The molecular formula is C21H30N4O2. The molecule has 0 aliphatic carbocycles. The largest absolute Gasteiger partial charge is 0.379 e. The summed E-state index contributed by atoms with van der Waals surface area (Å²) in [7, 11) is 1.87. The molecule has 0 spiro atoms. The van der Waals surface area contributed by atoms with Crippen LogP contribution in [0.25, 0.3) is 0 Å². The molecule has 3 rings (SSSR count). The van der Waals surface area contributed by atoms with Gasteiger partial charge in [-0.3, -0.25) is 14.4 Å². The molecule has 0 unspecified atom stereocenters. The molecule has 0 bridgehead atoms. The number of rotatable bonds is 7. The fraction of sp³-hybridized carbons (Fsp3) is 0.524. The van der Waals surface area contributed by atoms with Gasteiger partial charge in [0.2, 0.25) is 0 Å². The minimum atomic E-state index is 0.0610. The fourth-order valence-corrected chi connectivity index (χ4v) is 3.43. The zero-order chi connectivity index (χ0) is 19.2. The van der Waals surface area contributed by atoms with E-state index in [1.807, 2.05) is 31.0 Å². The Morgan fingerprint density at radius 2 is 1.96 bits per heavy atom. The van der Waals surface area contributed by atoms with Crippen LogP contribution in [0.1, 0.15) is 33.6 Å². The molecule has 2 heterocycles. The van der Waals surface area contributed by atoms with Gasteiger partial charge in [0, 0.05) is 45.5 Å². The van der Waals surface area contributed by atoms with Crippen molar-refractivity contribution in [1.29, 1.82) is 0 Å². The van der Waals surface area contributed by atoms with E-state index in [2.05, 4.69) is 29.1 Å². The summed E-state index contributed by atoms with van der Waals surface area (Å²) in [6, 6.07) is 8.28. The van der Waals surface area contributed by atoms with E-state index in [0.717, 1.165) is 51.5 Å². The molecule has 2 aromatic rings. The van der Waals surface area contributed by atoms with E-state index in [1.54, 1.807) is 10.9 Å². The average Bonchev–Trinajstić information content (AvgIpc) is 3.01. The lowest BCUT2D eigenvalue weighted by molar-refractivity contribution is 0.0355. The van der Waals surface area contributed by atoms with Crippen LogP contribution in [0.3, 0.4) is 0 Å². The van der Waals surface area contributed by atoms with Crippen LogP contribution in [0, 0.1) is 13.8 Å². The Morgan fingerprint density at radius 1 is 1.22 bits per heavy atom. The number of aryl methyl sites for hydroxylation is 2. The molecule has 1 amide bonds. The number of ether oxygens (including phenoxy) is 1. The molecule has 6 heteroatoms. The summed E-state index contributed by atoms with van der Waals surface area (Å²) in [6.45, 7) is 9.97. The van der Waals surface area contributed by atoms with Gasteiger partial charge in [0.15, 0.2) is 0 Å². The maximum absolute atomic E-state index is 13.2. The molecule has 0 atom stereocenters. The SMILES string of the molecule is Cc1ccccc1CN(CCCN1CCOCC1)C(=O)c1cnn(C)c1C. The Bertz CT molecular complexity index is 765. The lowest BCUT2D eigenvalue weighted by Gasteiger charge is -2.28. The van der Waals surface area contributed by atoms with Crippen LogP contribution in [0.5, 0.6) is 0 Å². The number of amides is 1. The van der Waals surface area contributed by atoms with Crippen LogP contribution in [-0.4, -0.2) is 64.9 Å². The second-order valence-corrected chi connectivity index (χ2v) is 7.23. The van der Waals surface area contributed by atoms with Gasteiger partial charge in [-0.25, -0.2) is 0 Å². The molecule has 1 aromatic heterocycles. The Kier molecular flexibility index (Phi) is 6.63. The number of carbonyl (C=O) groups is 1. The van der Waals surface area contributed by atoms with Crippen LogP contribution >= 0.6 is 0 Å². The van der Waals surface area contributed by atoms with Crippen molar-refractivity contribution in [3.05, 3.63) is 52.8 Å². The topological polar surface area (TPSA) is 50.6 Å². The zero-order valence-electron chi connectivity index (χ0n) is 16.6. The Balaban J connectivity index is 1.70. The minimum absolute atomic E-state index is 0.0610. The van der Waals surface area contributed by atoms with E-state index < -0.39 is 0 Å². The maximum atomic E-state index is 13.2. The summed E-state index contributed by atoms with van der Waals surface area (Å²) < 4.78 is 7.17. The molecule has 0 N–H and O–H groups in total. The summed E-state index contributed by atoms with van der Waals surface area (Å²) in [5.74, 6) is 0.0610. The van der Waals surface area contributed by atoms with Crippen LogP contribution in [-0.2, 0) is 18.3 Å². The normalized spacial score (nSPS) is 15.1. The predicted molar refractivity (Wildman–Crippen MR) is 106 cm³/mol. The van der Waals surface area contributed by atoms with E-state index in [-0.39, 0.29) is 5.91 Å². The van der Waals surface area contributed by atoms with Crippen LogP contribution in [0.4, 0.5) is 0 Å².